The van der Waals surface area contributed by atoms with Crippen LogP contribution in [-0.2, 0) is 14.3 Å². The fraction of sp³-hybridized carbons (Fsp3) is 0.824. The van der Waals surface area contributed by atoms with E-state index in [1.807, 2.05) is 20.8 Å². The lowest BCUT2D eigenvalue weighted by Gasteiger charge is -2.27. The van der Waals surface area contributed by atoms with E-state index in [1.165, 1.54) is 0 Å². The van der Waals surface area contributed by atoms with Gasteiger partial charge in [-0.1, -0.05) is 19.9 Å². The molecule has 3 rings (SSSR count). The monoisotopic (exact) mass is 278 g/mol. The van der Waals surface area contributed by atoms with E-state index < -0.39 is 5.79 Å². The van der Waals surface area contributed by atoms with Gasteiger partial charge in [-0.2, -0.15) is 0 Å². The molecule has 3 aliphatic rings. The Kier molecular flexibility index (Phi) is 3.33. The minimum Gasteiger partial charge on any atom is -0.344 e. The zero-order valence-corrected chi connectivity index (χ0v) is 13.2. The first kappa shape index (κ1) is 14.3. The molecule has 1 heterocycles. The van der Waals surface area contributed by atoms with Crippen LogP contribution in [0.1, 0.15) is 47.5 Å². The fourth-order valence-electron chi connectivity index (χ4n) is 4.26. The van der Waals surface area contributed by atoms with Gasteiger partial charge >= 0.3 is 0 Å². The van der Waals surface area contributed by atoms with E-state index in [4.69, 9.17) is 9.47 Å². The van der Waals surface area contributed by atoms with Gasteiger partial charge in [0.05, 0.1) is 12.2 Å². The third-order valence-electron chi connectivity index (χ3n) is 5.59. The number of carbonyl (C=O) groups excluding carboxylic acids is 1. The number of rotatable bonds is 0. The summed E-state index contributed by atoms with van der Waals surface area (Å²) in [5.74, 6) is 1.07. The number of fused-ring (bicyclic) bond motifs is 3. The molecular weight excluding hydrogens is 252 g/mol. The minimum absolute atomic E-state index is 0.0462. The molecule has 112 valence electrons. The molecule has 1 saturated carbocycles. The van der Waals surface area contributed by atoms with Gasteiger partial charge in [-0.05, 0) is 56.9 Å². The minimum atomic E-state index is -0.524. The van der Waals surface area contributed by atoms with Crippen molar-refractivity contribution in [2.45, 2.75) is 65.5 Å². The average molecular weight is 278 g/mol. The molecule has 0 unspecified atom stereocenters. The van der Waals surface area contributed by atoms with Crippen molar-refractivity contribution in [1.82, 2.24) is 0 Å². The number of carbonyl (C=O) groups is 1. The molecule has 2 fully saturated rings. The zero-order valence-electron chi connectivity index (χ0n) is 13.2. The quantitative estimate of drug-likeness (QED) is 0.682. The number of ketones is 1. The van der Waals surface area contributed by atoms with Crippen LogP contribution in [0, 0.1) is 23.7 Å². The van der Waals surface area contributed by atoms with Crippen molar-refractivity contribution >= 4 is 5.78 Å². The normalized spacial score (nSPS) is 47.2. The van der Waals surface area contributed by atoms with E-state index >= 15 is 0 Å². The predicted octanol–water partition coefficient (Wildman–Crippen LogP) is 3.33. The van der Waals surface area contributed by atoms with Gasteiger partial charge in [-0.3, -0.25) is 4.79 Å². The molecule has 3 nitrogen and oxygen atoms in total. The molecule has 0 aromatic rings. The summed E-state index contributed by atoms with van der Waals surface area (Å²) in [6.07, 6.45) is 4.28. The molecule has 0 aromatic heterocycles. The lowest BCUT2D eigenvalue weighted by atomic mass is 9.81. The average Bonchev–Trinajstić information content (AvgIpc) is 2.59. The van der Waals surface area contributed by atoms with Crippen molar-refractivity contribution in [3.05, 3.63) is 11.6 Å². The zero-order chi connectivity index (χ0) is 14.7. The third kappa shape index (κ3) is 2.15. The summed E-state index contributed by atoms with van der Waals surface area (Å²) in [5, 5.41) is 0. The van der Waals surface area contributed by atoms with Gasteiger partial charge in [0.1, 0.15) is 0 Å². The topological polar surface area (TPSA) is 35.5 Å². The Morgan fingerprint density at radius 1 is 1.15 bits per heavy atom. The Labute approximate surface area is 121 Å². The summed E-state index contributed by atoms with van der Waals surface area (Å²) in [4.78, 5) is 12.6. The van der Waals surface area contributed by atoms with E-state index in [2.05, 4.69) is 19.9 Å². The van der Waals surface area contributed by atoms with Gasteiger partial charge in [0.2, 0.25) is 0 Å². The molecule has 2 bridgehead atoms. The molecule has 0 spiro atoms. The van der Waals surface area contributed by atoms with Crippen LogP contribution in [0.2, 0.25) is 0 Å². The van der Waals surface area contributed by atoms with Crippen LogP contribution >= 0.6 is 0 Å². The lowest BCUT2D eigenvalue weighted by Crippen LogP contribution is -2.37. The van der Waals surface area contributed by atoms with Gasteiger partial charge in [-0.15, -0.1) is 0 Å². The first-order valence-corrected chi connectivity index (χ1v) is 7.87. The molecule has 0 radical (unpaired) electrons. The smallest absolute Gasteiger partial charge is 0.163 e. The van der Waals surface area contributed by atoms with Gasteiger partial charge in [-0.25, -0.2) is 0 Å². The summed E-state index contributed by atoms with van der Waals surface area (Å²) in [6, 6.07) is 0. The first-order valence-electron chi connectivity index (χ1n) is 7.87. The maximum absolute atomic E-state index is 12.6. The Bertz CT molecular complexity index is 451. The molecular formula is C17H26O3. The van der Waals surface area contributed by atoms with Crippen LogP contribution in [0.3, 0.4) is 0 Å². The van der Waals surface area contributed by atoms with Crippen molar-refractivity contribution in [1.29, 1.82) is 0 Å². The summed E-state index contributed by atoms with van der Waals surface area (Å²) in [5.41, 5.74) is 0.938. The molecule has 1 saturated heterocycles. The highest BCUT2D eigenvalue weighted by Gasteiger charge is 2.53. The molecule has 3 heteroatoms. The van der Waals surface area contributed by atoms with Crippen molar-refractivity contribution < 1.29 is 14.3 Å². The van der Waals surface area contributed by atoms with Crippen molar-refractivity contribution in [2.75, 3.05) is 0 Å². The van der Waals surface area contributed by atoms with Crippen LogP contribution in [0.15, 0.2) is 11.6 Å². The number of hydrogen-bond acceptors (Lipinski definition) is 3. The second-order valence-corrected chi connectivity index (χ2v) is 7.37. The van der Waals surface area contributed by atoms with Crippen LogP contribution in [0.4, 0.5) is 0 Å². The molecule has 0 aromatic carbocycles. The molecule has 0 N–H and O–H groups in total. The highest BCUT2D eigenvalue weighted by atomic mass is 16.8. The van der Waals surface area contributed by atoms with E-state index in [0.29, 0.717) is 17.6 Å². The summed E-state index contributed by atoms with van der Waals surface area (Å²) in [7, 11) is 0. The Hall–Kier alpha value is -0.670. The Morgan fingerprint density at radius 3 is 2.40 bits per heavy atom. The number of ether oxygens (including phenoxy) is 2. The molecule has 6 atom stereocenters. The highest BCUT2D eigenvalue weighted by Crippen LogP contribution is 2.47. The van der Waals surface area contributed by atoms with Gasteiger partial charge in [0, 0.05) is 5.92 Å². The van der Waals surface area contributed by atoms with Crippen LogP contribution in [0.25, 0.3) is 0 Å². The Morgan fingerprint density at radius 2 is 1.75 bits per heavy atom. The summed E-state index contributed by atoms with van der Waals surface area (Å²) >= 11 is 0. The lowest BCUT2D eigenvalue weighted by molar-refractivity contribution is -0.159. The number of Topliss-reactive ketones (excluding diaryl/α,β-unsaturated/α-hetero) is 1. The fourth-order valence-corrected chi connectivity index (χ4v) is 4.26. The summed E-state index contributed by atoms with van der Waals surface area (Å²) in [6.45, 7) is 10.4. The number of allylic oxidation sites excluding steroid dienone is 2. The van der Waals surface area contributed by atoms with Crippen molar-refractivity contribution in [3.63, 3.8) is 0 Å². The molecule has 2 aliphatic carbocycles. The predicted molar refractivity (Wildman–Crippen MR) is 77.1 cm³/mol. The second-order valence-electron chi connectivity index (χ2n) is 7.37. The standard InChI is InChI=1S/C17H26O3/c1-9-6-7-12-8-13(14(9)18)11(3)16-15(10(12)2)19-17(4,5)20-16/h6,10-13,15-16H,7-8H2,1-5H3/t10-,11+,12+,13+,15+,16-/m1/s1. The van der Waals surface area contributed by atoms with Gasteiger partial charge in [0.25, 0.3) is 0 Å². The maximum Gasteiger partial charge on any atom is 0.163 e. The maximum atomic E-state index is 12.6. The van der Waals surface area contributed by atoms with E-state index in [9.17, 15) is 4.79 Å². The first-order chi connectivity index (χ1) is 9.30. The molecule has 1 aliphatic heterocycles. The molecule has 20 heavy (non-hydrogen) atoms. The molecule has 0 amide bonds. The highest BCUT2D eigenvalue weighted by molar-refractivity contribution is 5.97. The Balaban J connectivity index is 1.99. The third-order valence-corrected chi connectivity index (χ3v) is 5.59. The van der Waals surface area contributed by atoms with Crippen LogP contribution in [-0.4, -0.2) is 23.8 Å². The van der Waals surface area contributed by atoms with E-state index in [0.717, 1.165) is 18.4 Å². The SMILES string of the molecule is CC1=CC[C@H]2C[C@H](C1=O)[C@H](C)[C@H]1OC(C)(C)O[C@H]1[C@@H]2C. The largest absolute Gasteiger partial charge is 0.344 e. The van der Waals surface area contributed by atoms with Crippen LogP contribution < -0.4 is 0 Å². The second kappa shape index (κ2) is 4.67. The summed E-state index contributed by atoms with van der Waals surface area (Å²) < 4.78 is 12.3. The van der Waals surface area contributed by atoms with Gasteiger partial charge in [0.15, 0.2) is 11.6 Å². The number of hydrogen-bond donors (Lipinski definition) is 0. The van der Waals surface area contributed by atoms with Gasteiger partial charge < -0.3 is 9.47 Å². The van der Waals surface area contributed by atoms with Crippen molar-refractivity contribution in [2.24, 2.45) is 23.7 Å². The van der Waals surface area contributed by atoms with E-state index in [-0.39, 0.29) is 24.0 Å². The van der Waals surface area contributed by atoms with E-state index in [1.54, 1.807) is 0 Å². The van der Waals surface area contributed by atoms with Crippen molar-refractivity contribution in [3.8, 4) is 0 Å². The van der Waals surface area contributed by atoms with Crippen LogP contribution in [0.5, 0.6) is 0 Å².